The molecule has 0 aliphatic heterocycles. The second-order valence-electron chi connectivity index (χ2n) is 3.96. The maximum absolute atomic E-state index is 9.88. The summed E-state index contributed by atoms with van der Waals surface area (Å²) in [6.45, 7) is 7.10. The molecule has 0 spiro atoms. The van der Waals surface area contributed by atoms with Gasteiger partial charge in [-0.05, 0) is 27.7 Å². The van der Waals surface area contributed by atoms with E-state index in [-0.39, 0.29) is 0 Å². The second kappa shape index (κ2) is 3.12. The van der Waals surface area contributed by atoms with Gasteiger partial charge in [0.05, 0.1) is 5.69 Å². The van der Waals surface area contributed by atoms with Crippen LogP contribution in [0.2, 0.25) is 0 Å². The molecule has 0 aliphatic carbocycles. The van der Waals surface area contributed by atoms with E-state index in [1.165, 1.54) is 0 Å². The van der Waals surface area contributed by atoms with Crippen molar-refractivity contribution in [1.82, 2.24) is 5.16 Å². The molecule has 1 heterocycles. The molecule has 0 radical (unpaired) electrons. The number of hydrogen-bond donors (Lipinski definition) is 2. The van der Waals surface area contributed by atoms with Crippen molar-refractivity contribution in [2.24, 2.45) is 5.73 Å². The maximum Gasteiger partial charge on any atom is 0.139 e. The molecule has 0 aliphatic rings. The second-order valence-corrected chi connectivity index (χ2v) is 3.96. The summed E-state index contributed by atoms with van der Waals surface area (Å²) in [5.41, 5.74) is 6.51. The fourth-order valence-electron chi connectivity index (χ4n) is 1.25. The van der Waals surface area contributed by atoms with E-state index < -0.39 is 11.6 Å². The first-order valence-corrected chi connectivity index (χ1v) is 4.23. The van der Waals surface area contributed by atoms with Gasteiger partial charge in [-0.15, -0.1) is 0 Å². The number of aliphatic hydroxyl groups is 1. The van der Waals surface area contributed by atoms with Gasteiger partial charge >= 0.3 is 0 Å². The molecule has 0 fully saturated rings. The van der Waals surface area contributed by atoms with Crippen molar-refractivity contribution in [2.75, 3.05) is 0 Å². The minimum absolute atomic E-state index is 0.628. The van der Waals surface area contributed by atoms with E-state index in [0.29, 0.717) is 17.0 Å². The smallest absolute Gasteiger partial charge is 0.139 e. The van der Waals surface area contributed by atoms with E-state index in [1.54, 1.807) is 27.7 Å². The van der Waals surface area contributed by atoms with Gasteiger partial charge < -0.3 is 15.4 Å². The lowest BCUT2D eigenvalue weighted by molar-refractivity contribution is 0.102. The molecule has 74 valence electrons. The van der Waals surface area contributed by atoms with Crippen molar-refractivity contribution in [3.63, 3.8) is 0 Å². The van der Waals surface area contributed by atoms with E-state index in [9.17, 15) is 5.11 Å². The van der Waals surface area contributed by atoms with Gasteiger partial charge in [0.1, 0.15) is 11.9 Å². The lowest BCUT2D eigenvalue weighted by Gasteiger charge is -2.25. The first-order chi connectivity index (χ1) is 5.84. The zero-order valence-electron chi connectivity index (χ0n) is 8.46. The maximum atomic E-state index is 9.88. The molecule has 0 saturated carbocycles. The lowest BCUT2D eigenvalue weighted by Crippen LogP contribution is -2.39. The van der Waals surface area contributed by atoms with Crippen LogP contribution in [0.25, 0.3) is 0 Å². The van der Waals surface area contributed by atoms with E-state index in [1.807, 2.05) is 0 Å². The Morgan fingerprint density at radius 1 is 1.46 bits per heavy atom. The number of aryl methyl sites for hydroxylation is 2. The highest BCUT2D eigenvalue weighted by molar-refractivity contribution is 5.26. The number of nitrogens with zero attached hydrogens (tertiary/aromatic N) is 1. The average Bonchev–Trinajstić information content (AvgIpc) is 2.28. The summed E-state index contributed by atoms with van der Waals surface area (Å²) in [4.78, 5) is 0. The van der Waals surface area contributed by atoms with E-state index >= 15 is 0 Å². The molecule has 3 N–H and O–H groups in total. The van der Waals surface area contributed by atoms with Crippen LogP contribution in [0.4, 0.5) is 0 Å². The molecule has 0 bridgehead atoms. The van der Waals surface area contributed by atoms with Gasteiger partial charge in [0.25, 0.3) is 0 Å². The molecule has 1 atom stereocenters. The highest BCUT2D eigenvalue weighted by atomic mass is 16.5. The SMILES string of the molecule is Cc1noc(C)c1C(O)C(C)(C)N. The van der Waals surface area contributed by atoms with Crippen molar-refractivity contribution >= 4 is 0 Å². The number of rotatable bonds is 2. The van der Waals surface area contributed by atoms with Crippen molar-refractivity contribution in [3.8, 4) is 0 Å². The zero-order valence-corrected chi connectivity index (χ0v) is 8.46. The fourth-order valence-corrected chi connectivity index (χ4v) is 1.25. The molecule has 1 aromatic heterocycles. The van der Waals surface area contributed by atoms with Crippen LogP contribution in [0.1, 0.15) is 37.0 Å². The van der Waals surface area contributed by atoms with Crippen LogP contribution < -0.4 is 5.73 Å². The topological polar surface area (TPSA) is 72.3 Å². The zero-order chi connectivity index (χ0) is 10.2. The highest BCUT2D eigenvalue weighted by Crippen LogP contribution is 2.28. The summed E-state index contributed by atoms with van der Waals surface area (Å²) < 4.78 is 4.95. The number of nitrogens with two attached hydrogens (primary N) is 1. The first kappa shape index (κ1) is 10.2. The summed E-state index contributed by atoms with van der Waals surface area (Å²) in [7, 11) is 0. The molecule has 1 unspecified atom stereocenters. The predicted molar refractivity (Wildman–Crippen MR) is 49.2 cm³/mol. The van der Waals surface area contributed by atoms with Gasteiger partial charge in [0, 0.05) is 11.1 Å². The molecule has 0 saturated heterocycles. The number of aromatic nitrogens is 1. The van der Waals surface area contributed by atoms with Gasteiger partial charge in [0.15, 0.2) is 0 Å². The third kappa shape index (κ3) is 1.89. The van der Waals surface area contributed by atoms with Crippen molar-refractivity contribution in [3.05, 3.63) is 17.0 Å². The van der Waals surface area contributed by atoms with Crippen molar-refractivity contribution < 1.29 is 9.63 Å². The van der Waals surface area contributed by atoms with Gasteiger partial charge in [-0.2, -0.15) is 0 Å². The monoisotopic (exact) mass is 184 g/mol. The summed E-state index contributed by atoms with van der Waals surface area (Å²) in [5.74, 6) is 0.628. The predicted octanol–water partition coefficient (Wildman–Crippen LogP) is 1.06. The molecule has 4 heteroatoms. The minimum atomic E-state index is -0.737. The van der Waals surface area contributed by atoms with Gasteiger partial charge in [-0.25, -0.2) is 0 Å². The highest BCUT2D eigenvalue weighted by Gasteiger charge is 2.29. The molecular weight excluding hydrogens is 168 g/mol. The fraction of sp³-hybridized carbons (Fsp3) is 0.667. The first-order valence-electron chi connectivity index (χ1n) is 4.23. The summed E-state index contributed by atoms with van der Waals surface area (Å²) >= 11 is 0. The summed E-state index contributed by atoms with van der Waals surface area (Å²) in [6.07, 6.45) is -0.737. The Morgan fingerprint density at radius 2 is 2.00 bits per heavy atom. The van der Waals surface area contributed by atoms with Crippen LogP contribution in [-0.4, -0.2) is 15.8 Å². The van der Waals surface area contributed by atoms with Crippen molar-refractivity contribution in [1.29, 1.82) is 0 Å². The van der Waals surface area contributed by atoms with Gasteiger partial charge in [-0.1, -0.05) is 5.16 Å². The Balaban J connectivity index is 3.08. The Bertz CT molecular complexity index is 280. The molecule has 1 rings (SSSR count). The molecule has 0 aromatic carbocycles. The lowest BCUT2D eigenvalue weighted by atomic mass is 9.91. The van der Waals surface area contributed by atoms with Crippen LogP contribution in [0, 0.1) is 13.8 Å². The summed E-state index contributed by atoms with van der Waals surface area (Å²) in [5, 5.41) is 13.6. The quantitative estimate of drug-likeness (QED) is 0.721. The van der Waals surface area contributed by atoms with Crippen LogP contribution >= 0.6 is 0 Å². The molecule has 1 aromatic rings. The Labute approximate surface area is 77.7 Å². The number of hydrogen-bond acceptors (Lipinski definition) is 4. The normalized spacial score (nSPS) is 14.6. The van der Waals surface area contributed by atoms with Crippen LogP contribution in [0.3, 0.4) is 0 Å². The van der Waals surface area contributed by atoms with Crippen LogP contribution in [0.15, 0.2) is 4.52 Å². The van der Waals surface area contributed by atoms with E-state index in [4.69, 9.17) is 10.3 Å². The molecule has 13 heavy (non-hydrogen) atoms. The largest absolute Gasteiger partial charge is 0.386 e. The molecular formula is C9H16N2O2. The van der Waals surface area contributed by atoms with Gasteiger partial charge in [-0.3, -0.25) is 0 Å². The van der Waals surface area contributed by atoms with E-state index in [0.717, 1.165) is 0 Å². The minimum Gasteiger partial charge on any atom is -0.386 e. The standard InChI is InChI=1S/C9H16N2O2/c1-5-7(6(2)13-11-5)8(12)9(3,4)10/h8,12H,10H2,1-4H3. The summed E-state index contributed by atoms with van der Waals surface area (Å²) in [6, 6.07) is 0. The van der Waals surface area contributed by atoms with Gasteiger partial charge in [0.2, 0.25) is 0 Å². The van der Waals surface area contributed by atoms with Crippen LogP contribution in [0.5, 0.6) is 0 Å². The van der Waals surface area contributed by atoms with E-state index in [2.05, 4.69) is 5.16 Å². The third-order valence-electron chi connectivity index (χ3n) is 2.07. The average molecular weight is 184 g/mol. The molecule has 0 amide bonds. The third-order valence-corrected chi connectivity index (χ3v) is 2.07. The Hall–Kier alpha value is -0.870. The Morgan fingerprint density at radius 3 is 2.31 bits per heavy atom. The molecule has 4 nitrogen and oxygen atoms in total. The van der Waals surface area contributed by atoms with Crippen LogP contribution in [-0.2, 0) is 0 Å². The number of aliphatic hydroxyl groups excluding tert-OH is 1. The Kier molecular flexibility index (Phi) is 2.45. The van der Waals surface area contributed by atoms with Crippen molar-refractivity contribution in [2.45, 2.75) is 39.3 Å².